The molecule has 1 aliphatic heterocycles. The molecule has 0 fully saturated rings. The third-order valence-corrected chi connectivity index (χ3v) is 3.14. The van der Waals surface area contributed by atoms with Crippen molar-refractivity contribution < 1.29 is 19.1 Å². The fraction of sp³-hybridized carbons (Fsp3) is 0.400. The van der Waals surface area contributed by atoms with Crippen LogP contribution in [0.1, 0.15) is 31.8 Å². The van der Waals surface area contributed by atoms with Crippen LogP contribution >= 0.6 is 11.3 Å². The molecule has 0 saturated carbocycles. The Balaban J connectivity index is 2.29. The first-order chi connectivity index (χ1) is 7.22. The Kier molecular flexibility index (Phi) is 2.83. The first kappa shape index (κ1) is 10.3. The summed E-state index contributed by atoms with van der Waals surface area (Å²) in [4.78, 5) is 24.1. The summed E-state index contributed by atoms with van der Waals surface area (Å²) in [6, 6.07) is 1.60. The number of ether oxygens (including phenoxy) is 2. The van der Waals surface area contributed by atoms with E-state index in [-0.39, 0.29) is 18.4 Å². The lowest BCUT2D eigenvalue weighted by molar-refractivity contribution is 0.0532. The van der Waals surface area contributed by atoms with Gasteiger partial charge in [-0.3, -0.25) is 4.79 Å². The molecule has 0 amide bonds. The molecular weight excluding hydrogens is 216 g/mol. The number of Topliss-reactive ketones (excluding diaryl/α,β-unsaturated/α-hetero) is 1. The number of ketones is 1. The van der Waals surface area contributed by atoms with Gasteiger partial charge in [0.15, 0.2) is 5.78 Å². The number of rotatable bonds is 2. The average Bonchev–Trinajstić information content (AvgIpc) is 2.63. The zero-order valence-corrected chi connectivity index (χ0v) is 9.06. The van der Waals surface area contributed by atoms with Gasteiger partial charge in [0.05, 0.1) is 13.2 Å². The van der Waals surface area contributed by atoms with Gasteiger partial charge in [0, 0.05) is 10.4 Å². The molecule has 4 nitrogen and oxygen atoms in total. The molecule has 1 aromatic heterocycles. The number of carbonyl (C=O) groups is 2. The van der Waals surface area contributed by atoms with E-state index in [1.165, 1.54) is 11.3 Å². The lowest BCUT2D eigenvalue weighted by Gasteiger charge is -2.09. The maximum Gasteiger partial charge on any atom is 0.348 e. The van der Waals surface area contributed by atoms with E-state index < -0.39 is 0 Å². The standard InChI is InChI=1S/C10H10O4S/c1-2-14-10(12)8-3-6-7(11)4-13-5-9(6)15-8/h3H,2,4-5H2,1H3. The van der Waals surface area contributed by atoms with Gasteiger partial charge in [0.2, 0.25) is 0 Å². The number of thiophene rings is 1. The molecule has 0 N–H and O–H groups in total. The molecule has 5 heteroatoms. The van der Waals surface area contributed by atoms with E-state index in [0.717, 1.165) is 4.88 Å². The van der Waals surface area contributed by atoms with Gasteiger partial charge in [-0.05, 0) is 13.0 Å². The highest BCUT2D eigenvalue weighted by Gasteiger charge is 2.23. The van der Waals surface area contributed by atoms with Gasteiger partial charge >= 0.3 is 5.97 Å². The Morgan fingerprint density at radius 2 is 2.40 bits per heavy atom. The van der Waals surface area contributed by atoms with Crippen LogP contribution in [-0.4, -0.2) is 25.0 Å². The summed E-state index contributed by atoms with van der Waals surface area (Å²) in [5.74, 6) is -0.437. The molecular formula is C10H10O4S. The fourth-order valence-electron chi connectivity index (χ4n) is 1.39. The highest BCUT2D eigenvalue weighted by atomic mass is 32.1. The van der Waals surface area contributed by atoms with Crippen LogP contribution in [0, 0.1) is 0 Å². The summed E-state index contributed by atoms with van der Waals surface area (Å²) in [5.41, 5.74) is 0.606. The Labute approximate surface area is 90.8 Å². The summed E-state index contributed by atoms with van der Waals surface area (Å²) >= 11 is 1.27. The summed E-state index contributed by atoms with van der Waals surface area (Å²) in [6.07, 6.45) is 0. The Morgan fingerprint density at radius 3 is 3.07 bits per heavy atom. The predicted molar refractivity (Wildman–Crippen MR) is 54.3 cm³/mol. The third-order valence-electron chi connectivity index (χ3n) is 2.05. The van der Waals surface area contributed by atoms with E-state index in [1.807, 2.05) is 0 Å². The van der Waals surface area contributed by atoms with Gasteiger partial charge in [-0.2, -0.15) is 0 Å². The van der Waals surface area contributed by atoms with Crippen LogP contribution in [0.15, 0.2) is 6.07 Å². The molecule has 1 aliphatic rings. The van der Waals surface area contributed by atoms with E-state index in [2.05, 4.69) is 0 Å². The molecule has 0 atom stereocenters. The van der Waals surface area contributed by atoms with Gasteiger partial charge in [-0.15, -0.1) is 11.3 Å². The van der Waals surface area contributed by atoms with Crippen molar-refractivity contribution in [2.24, 2.45) is 0 Å². The SMILES string of the molecule is CCOC(=O)c1cc2c(s1)COCC2=O. The minimum Gasteiger partial charge on any atom is -0.462 e. The lowest BCUT2D eigenvalue weighted by Crippen LogP contribution is -2.15. The molecule has 0 aromatic carbocycles. The first-order valence-corrected chi connectivity index (χ1v) is 5.44. The van der Waals surface area contributed by atoms with Crippen molar-refractivity contribution in [2.75, 3.05) is 13.2 Å². The number of carbonyl (C=O) groups excluding carboxylic acids is 2. The molecule has 80 valence electrons. The summed E-state index contributed by atoms with van der Waals surface area (Å²) in [5, 5.41) is 0. The summed E-state index contributed by atoms with van der Waals surface area (Å²) < 4.78 is 9.93. The quantitative estimate of drug-likeness (QED) is 0.719. The second kappa shape index (κ2) is 4.12. The van der Waals surface area contributed by atoms with Crippen molar-refractivity contribution in [1.82, 2.24) is 0 Å². The van der Waals surface area contributed by atoms with Crippen molar-refractivity contribution in [3.8, 4) is 0 Å². The van der Waals surface area contributed by atoms with Gasteiger partial charge in [0.25, 0.3) is 0 Å². The van der Waals surface area contributed by atoms with Crippen molar-refractivity contribution in [3.63, 3.8) is 0 Å². The van der Waals surface area contributed by atoms with Gasteiger partial charge in [-0.1, -0.05) is 0 Å². The molecule has 15 heavy (non-hydrogen) atoms. The van der Waals surface area contributed by atoms with E-state index in [4.69, 9.17) is 9.47 Å². The van der Waals surface area contributed by atoms with E-state index in [9.17, 15) is 9.59 Å². The fourth-order valence-corrected chi connectivity index (χ4v) is 2.40. The maximum atomic E-state index is 11.4. The number of esters is 1. The normalized spacial score (nSPS) is 14.9. The minimum absolute atomic E-state index is 0.0666. The molecule has 0 radical (unpaired) electrons. The van der Waals surface area contributed by atoms with Crippen LogP contribution in [0.25, 0.3) is 0 Å². The first-order valence-electron chi connectivity index (χ1n) is 4.63. The zero-order valence-electron chi connectivity index (χ0n) is 8.24. The molecule has 0 aliphatic carbocycles. The molecule has 0 saturated heterocycles. The second-order valence-corrected chi connectivity index (χ2v) is 4.22. The van der Waals surface area contributed by atoms with E-state index in [1.54, 1.807) is 13.0 Å². The molecule has 1 aromatic rings. The number of fused-ring (bicyclic) bond motifs is 1. The Bertz CT molecular complexity index is 408. The Hall–Kier alpha value is -1.20. The van der Waals surface area contributed by atoms with Crippen molar-refractivity contribution in [1.29, 1.82) is 0 Å². The van der Waals surface area contributed by atoms with Crippen LogP contribution in [0.3, 0.4) is 0 Å². The summed E-state index contributed by atoms with van der Waals surface area (Å²) in [7, 11) is 0. The summed E-state index contributed by atoms with van der Waals surface area (Å²) in [6.45, 7) is 2.60. The third kappa shape index (κ3) is 1.93. The topological polar surface area (TPSA) is 52.6 Å². The van der Waals surface area contributed by atoms with Crippen LogP contribution in [0.4, 0.5) is 0 Å². The zero-order chi connectivity index (χ0) is 10.8. The van der Waals surface area contributed by atoms with Crippen LogP contribution in [-0.2, 0) is 16.1 Å². The van der Waals surface area contributed by atoms with Crippen LogP contribution in [0.5, 0.6) is 0 Å². The molecule has 0 unspecified atom stereocenters. The van der Waals surface area contributed by atoms with Crippen molar-refractivity contribution in [2.45, 2.75) is 13.5 Å². The van der Waals surface area contributed by atoms with Gasteiger partial charge < -0.3 is 9.47 Å². The number of hydrogen-bond acceptors (Lipinski definition) is 5. The Morgan fingerprint density at radius 1 is 1.60 bits per heavy atom. The maximum absolute atomic E-state index is 11.4. The van der Waals surface area contributed by atoms with Crippen LogP contribution < -0.4 is 0 Å². The van der Waals surface area contributed by atoms with E-state index >= 15 is 0 Å². The number of hydrogen-bond donors (Lipinski definition) is 0. The molecule has 0 bridgehead atoms. The highest BCUT2D eigenvalue weighted by molar-refractivity contribution is 7.14. The van der Waals surface area contributed by atoms with Crippen molar-refractivity contribution >= 4 is 23.1 Å². The molecule has 2 rings (SSSR count). The van der Waals surface area contributed by atoms with Crippen molar-refractivity contribution in [3.05, 3.63) is 21.4 Å². The minimum atomic E-state index is -0.371. The predicted octanol–water partition coefficient (Wildman–Crippen LogP) is 1.64. The van der Waals surface area contributed by atoms with E-state index in [0.29, 0.717) is 23.7 Å². The second-order valence-electron chi connectivity index (χ2n) is 3.08. The van der Waals surface area contributed by atoms with Gasteiger partial charge in [0.1, 0.15) is 11.5 Å². The van der Waals surface area contributed by atoms with Crippen LogP contribution in [0.2, 0.25) is 0 Å². The molecule has 0 spiro atoms. The smallest absolute Gasteiger partial charge is 0.348 e. The van der Waals surface area contributed by atoms with Gasteiger partial charge in [-0.25, -0.2) is 4.79 Å². The monoisotopic (exact) mass is 226 g/mol. The lowest BCUT2D eigenvalue weighted by atomic mass is 10.1. The average molecular weight is 226 g/mol. The molecule has 2 heterocycles. The largest absolute Gasteiger partial charge is 0.462 e. The highest BCUT2D eigenvalue weighted by Crippen LogP contribution is 2.27.